The van der Waals surface area contributed by atoms with Crippen molar-refractivity contribution in [2.45, 2.75) is 99.8 Å². The highest BCUT2D eigenvalue weighted by molar-refractivity contribution is 4.53. The molecule has 0 aliphatic carbocycles. The van der Waals surface area contributed by atoms with E-state index in [0.29, 0.717) is 0 Å². The predicted molar refractivity (Wildman–Crippen MR) is 103 cm³/mol. The van der Waals surface area contributed by atoms with Gasteiger partial charge in [-0.1, -0.05) is 93.4 Å². The summed E-state index contributed by atoms with van der Waals surface area (Å²) in [5.74, 6) is 0. The van der Waals surface area contributed by atoms with Gasteiger partial charge in [0.2, 0.25) is 0 Å². The van der Waals surface area contributed by atoms with Crippen LogP contribution < -0.4 is 0 Å². The maximum absolute atomic E-state index is 4.00. The molecule has 0 amide bonds. The minimum atomic E-state index is 1.21. The van der Waals surface area contributed by atoms with Crippen molar-refractivity contribution in [2.24, 2.45) is 0 Å². The molecule has 0 saturated carbocycles. The normalized spacial score (nSPS) is 8.67. The number of unbranched alkanes of at least 4 members (excludes halogenated alkanes) is 6. The summed E-state index contributed by atoms with van der Waals surface area (Å²) in [6.45, 7) is 18.8. The predicted octanol–water partition coefficient (Wildman–Crippen LogP) is 6.77. The molecule has 0 aromatic heterocycles. The van der Waals surface area contributed by atoms with Crippen LogP contribution in [0.2, 0.25) is 0 Å². The third-order valence-corrected chi connectivity index (χ3v) is 2.97. The second-order valence-corrected chi connectivity index (χ2v) is 4.86. The van der Waals surface area contributed by atoms with E-state index in [1.54, 1.807) is 0 Å². The van der Waals surface area contributed by atoms with Crippen molar-refractivity contribution in [2.75, 3.05) is 19.6 Å². The Bertz CT molecular complexity index is 136. The molecule has 1 nitrogen and oxygen atoms in total. The maximum atomic E-state index is 4.00. The van der Waals surface area contributed by atoms with E-state index in [-0.39, 0.29) is 0 Å². The molecular formula is C20H45N. The van der Waals surface area contributed by atoms with Gasteiger partial charge in [0.15, 0.2) is 0 Å². The van der Waals surface area contributed by atoms with E-state index in [4.69, 9.17) is 0 Å². The smallest absolute Gasteiger partial charge is 0.00190 e. The Morgan fingerprint density at radius 3 is 1.29 bits per heavy atom. The first-order chi connectivity index (χ1) is 10.3. The number of rotatable bonds is 10. The molecule has 0 bridgehead atoms. The molecule has 0 aromatic carbocycles. The third kappa shape index (κ3) is 38.2. The highest BCUT2D eigenvalue weighted by Gasteiger charge is 1.97. The summed E-state index contributed by atoms with van der Waals surface area (Å²) in [4.78, 5) is 2.52. The van der Waals surface area contributed by atoms with Crippen LogP contribution in [0.5, 0.6) is 0 Å². The van der Waals surface area contributed by atoms with Crippen LogP contribution in [0.25, 0.3) is 0 Å². The molecule has 0 saturated heterocycles. The van der Waals surface area contributed by atoms with Crippen molar-refractivity contribution in [1.82, 2.24) is 4.90 Å². The monoisotopic (exact) mass is 299 g/mol. The summed E-state index contributed by atoms with van der Waals surface area (Å²) in [6.07, 6.45) is 19.2. The second kappa shape index (κ2) is 36.6. The van der Waals surface area contributed by atoms with Crippen LogP contribution in [0.15, 0.2) is 0 Å². The summed E-state index contributed by atoms with van der Waals surface area (Å²) in [6, 6.07) is 0. The van der Waals surface area contributed by atoms with E-state index in [1.807, 2.05) is 13.8 Å². The number of hydrogen-bond donors (Lipinski definition) is 0. The van der Waals surface area contributed by atoms with Crippen LogP contribution in [0.4, 0.5) is 0 Å². The lowest BCUT2D eigenvalue weighted by Crippen LogP contribution is -2.23. The van der Waals surface area contributed by atoms with Crippen molar-refractivity contribution in [1.29, 1.82) is 0 Å². The fraction of sp³-hybridized carbons (Fsp3) is 0.900. The standard InChI is InChI=1S/C13H29N.C3H8.C2H6.C2H2/c1-4-7-8-9-10-11-12-13-14(5-2)6-3;1-3-2;2*1-2/h4-13H2,1-3H3;3H2,1-2H3;1-2H3;1-2H. The summed E-state index contributed by atoms with van der Waals surface area (Å²) in [7, 11) is 0. The molecule has 0 N–H and O–H groups in total. The van der Waals surface area contributed by atoms with E-state index in [2.05, 4.69) is 52.4 Å². The minimum absolute atomic E-state index is 1.21. The third-order valence-electron chi connectivity index (χ3n) is 2.97. The van der Waals surface area contributed by atoms with Gasteiger partial charge in [-0.05, 0) is 26.1 Å². The minimum Gasteiger partial charge on any atom is -0.304 e. The molecule has 0 heterocycles. The topological polar surface area (TPSA) is 3.24 Å². The molecule has 0 rings (SSSR count). The zero-order valence-corrected chi connectivity index (χ0v) is 16.4. The molecule has 0 aliphatic heterocycles. The molecule has 0 atom stereocenters. The summed E-state index contributed by atoms with van der Waals surface area (Å²) in [5, 5.41) is 0. The first kappa shape index (κ1) is 28.6. The highest BCUT2D eigenvalue weighted by Crippen LogP contribution is 2.07. The van der Waals surface area contributed by atoms with E-state index in [1.165, 1.54) is 71.0 Å². The largest absolute Gasteiger partial charge is 0.304 e. The lowest BCUT2D eigenvalue weighted by molar-refractivity contribution is 0.295. The number of hydrogen-bond acceptors (Lipinski definition) is 1. The Kier molecular flexibility index (Phi) is 50.0. The lowest BCUT2D eigenvalue weighted by atomic mass is 10.1. The molecule has 0 aromatic rings. The first-order valence-corrected chi connectivity index (χ1v) is 9.32. The van der Waals surface area contributed by atoms with Gasteiger partial charge in [-0.25, -0.2) is 0 Å². The quantitative estimate of drug-likeness (QED) is 0.318. The first-order valence-electron chi connectivity index (χ1n) is 9.32. The fourth-order valence-corrected chi connectivity index (χ4v) is 1.83. The van der Waals surface area contributed by atoms with Gasteiger partial charge in [0.05, 0.1) is 0 Å². The van der Waals surface area contributed by atoms with E-state index >= 15 is 0 Å². The van der Waals surface area contributed by atoms with Gasteiger partial charge in [-0.2, -0.15) is 0 Å². The average Bonchev–Trinajstić information content (AvgIpc) is 2.55. The van der Waals surface area contributed by atoms with E-state index in [0.717, 1.165) is 0 Å². The number of terminal acetylenes is 1. The Morgan fingerprint density at radius 1 is 0.619 bits per heavy atom. The van der Waals surface area contributed by atoms with Crippen molar-refractivity contribution in [3.63, 3.8) is 0 Å². The second-order valence-electron chi connectivity index (χ2n) is 4.86. The zero-order chi connectivity index (χ0) is 17.4. The molecule has 0 spiro atoms. The zero-order valence-electron chi connectivity index (χ0n) is 16.4. The molecule has 0 aliphatic rings. The molecule has 0 radical (unpaired) electrons. The molecule has 0 unspecified atom stereocenters. The highest BCUT2D eigenvalue weighted by atomic mass is 15.1. The Hall–Kier alpha value is -0.480. The van der Waals surface area contributed by atoms with E-state index in [9.17, 15) is 0 Å². The van der Waals surface area contributed by atoms with Crippen LogP contribution in [0.1, 0.15) is 99.8 Å². The maximum Gasteiger partial charge on any atom is -0.00190 e. The lowest BCUT2D eigenvalue weighted by Gasteiger charge is -2.17. The molecule has 130 valence electrons. The Balaban J connectivity index is -0.000000176. The Morgan fingerprint density at radius 2 is 0.952 bits per heavy atom. The van der Waals surface area contributed by atoms with Gasteiger partial charge in [0, 0.05) is 0 Å². The van der Waals surface area contributed by atoms with Gasteiger partial charge in [-0.3, -0.25) is 0 Å². The van der Waals surface area contributed by atoms with Gasteiger partial charge < -0.3 is 4.90 Å². The van der Waals surface area contributed by atoms with Crippen LogP contribution in [-0.2, 0) is 0 Å². The molecule has 21 heavy (non-hydrogen) atoms. The summed E-state index contributed by atoms with van der Waals surface area (Å²) >= 11 is 0. The fourth-order valence-electron chi connectivity index (χ4n) is 1.83. The molecular weight excluding hydrogens is 254 g/mol. The Labute approximate surface area is 137 Å². The van der Waals surface area contributed by atoms with Crippen LogP contribution in [0, 0.1) is 12.8 Å². The summed E-state index contributed by atoms with van der Waals surface area (Å²) in [5.41, 5.74) is 0. The van der Waals surface area contributed by atoms with Crippen molar-refractivity contribution in [3.05, 3.63) is 0 Å². The van der Waals surface area contributed by atoms with Crippen molar-refractivity contribution < 1.29 is 0 Å². The van der Waals surface area contributed by atoms with Gasteiger partial charge in [-0.15, -0.1) is 12.8 Å². The van der Waals surface area contributed by atoms with Crippen LogP contribution in [-0.4, -0.2) is 24.5 Å². The average molecular weight is 300 g/mol. The van der Waals surface area contributed by atoms with Gasteiger partial charge >= 0.3 is 0 Å². The van der Waals surface area contributed by atoms with Crippen molar-refractivity contribution >= 4 is 0 Å². The van der Waals surface area contributed by atoms with Crippen molar-refractivity contribution in [3.8, 4) is 12.8 Å². The van der Waals surface area contributed by atoms with Crippen LogP contribution >= 0.6 is 0 Å². The molecule has 0 fully saturated rings. The van der Waals surface area contributed by atoms with Gasteiger partial charge in [0.25, 0.3) is 0 Å². The molecule has 1 heteroatoms. The summed E-state index contributed by atoms with van der Waals surface area (Å²) < 4.78 is 0. The van der Waals surface area contributed by atoms with E-state index < -0.39 is 0 Å². The SMILES string of the molecule is C#C.CC.CCC.CCCCCCCCCN(CC)CC. The van der Waals surface area contributed by atoms with Gasteiger partial charge in [0.1, 0.15) is 0 Å². The van der Waals surface area contributed by atoms with Crippen LogP contribution in [0.3, 0.4) is 0 Å². The number of nitrogens with zero attached hydrogens (tertiary/aromatic N) is 1.